The van der Waals surface area contributed by atoms with Gasteiger partial charge in [-0.15, -0.1) is 0 Å². The van der Waals surface area contributed by atoms with Crippen LogP contribution in [-0.2, 0) is 4.79 Å². The van der Waals surface area contributed by atoms with Crippen molar-refractivity contribution >= 4 is 11.6 Å². The van der Waals surface area contributed by atoms with Crippen molar-refractivity contribution in [2.45, 2.75) is 13.3 Å². The minimum atomic E-state index is -0.653. The number of carbonyl (C=O) groups excluding carboxylic acids is 1. The van der Waals surface area contributed by atoms with Gasteiger partial charge in [0.1, 0.15) is 0 Å². The van der Waals surface area contributed by atoms with Gasteiger partial charge < -0.3 is 5.32 Å². The summed E-state index contributed by atoms with van der Waals surface area (Å²) in [4.78, 5) is 14.2. The molecule has 0 aliphatic heterocycles. The van der Waals surface area contributed by atoms with Crippen LogP contribution in [-0.4, -0.2) is 10.9 Å². The fourth-order valence-corrected chi connectivity index (χ4v) is 0.718. The first-order chi connectivity index (χ1) is 5.74. The van der Waals surface area contributed by atoms with Crippen molar-refractivity contribution in [3.05, 3.63) is 24.3 Å². The predicted molar refractivity (Wildman–Crippen MR) is 43.1 cm³/mol. The Bertz CT molecular complexity index is 288. The number of halogens is 1. The van der Waals surface area contributed by atoms with Gasteiger partial charge in [0.05, 0.1) is 5.69 Å². The zero-order chi connectivity index (χ0) is 8.97. The summed E-state index contributed by atoms with van der Waals surface area (Å²) in [5.41, 5.74) is 0.129. The minimum absolute atomic E-state index is 0.129. The van der Waals surface area contributed by atoms with Gasteiger partial charge in [0, 0.05) is 12.6 Å². The molecule has 0 fully saturated rings. The van der Waals surface area contributed by atoms with Gasteiger partial charge in [0.2, 0.25) is 11.9 Å². The Hall–Kier alpha value is -1.45. The molecule has 0 aliphatic carbocycles. The standard InChI is InChI=1S/C8H9FN2O/c1-2-7(12)11-6-4-3-5-10-8(6)9/h3-5H,2H2,1H3,(H,11,12). The van der Waals surface area contributed by atoms with Crippen molar-refractivity contribution < 1.29 is 9.18 Å². The van der Waals surface area contributed by atoms with Crippen LogP contribution in [0.5, 0.6) is 0 Å². The monoisotopic (exact) mass is 168 g/mol. The third-order valence-electron chi connectivity index (χ3n) is 1.35. The summed E-state index contributed by atoms with van der Waals surface area (Å²) < 4.78 is 12.8. The van der Waals surface area contributed by atoms with Gasteiger partial charge in [0.15, 0.2) is 0 Å². The number of aromatic nitrogens is 1. The minimum Gasteiger partial charge on any atom is -0.322 e. The Morgan fingerprint density at radius 1 is 1.75 bits per heavy atom. The molecule has 3 nitrogen and oxygen atoms in total. The molecule has 0 spiro atoms. The molecule has 4 heteroatoms. The highest BCUT2D eigenvalue weighted by Crippen LogP contribution is 2.09. The van der Waals surface area contributed by atoms with E-state index in [0.29, 0.717) is 6.42 Å². The lowest BCUT2D eigenvalue weighted by molar-refractivity contribution is -0.115. The van der Waals surface area contributed by atoms with E-state index in [-0.39, 0.29) is 11.6 Å². The molecule has 1 amide bonds. The molecule has 0 bridgehead atoms. The predicted octanol–water partition coefficient (Wildman–Crippen LogP) is 1.57. The van der Waals surface area contributed by atoms with E-state index in [4.69, 9.17) is 0 Å². The number of hydrogen-bond acceptors (Lipinski definition) is 2. The zero-order valence-electron chi connectivity index (χ0n) is 6.67. The second-order valence-electron chi connectivity index (χ2n) is 2.24. The van der Waals surface area contributed by atoms with Gasteiger partial charge in [-0.2, -0.15) is 4.39 Å². The fraction of sp³-hybridized carbons (Fsp3) is 0.250. The van der Waals surface area contributed by atoms with Crippen LogP contribution in [0.1, 0.15) is 13.3 Å². The molecule has 0 saturated heterocycles. The number of pyridine rings is 1. The van der Waals surface area contributed by atoms with Gasteiger partial charge in [-0.3, -0.25) is 4.79 Å². The highest BCUT2D eigenvalue weighted by Gasteiger charge is 2.03. The number of nitrogens with one attached hydrogen (secondary N) is 1. The SMILES string of the molecule is CCC(=O)Nc1cccnc1F. The van der Waals surface area contributed by atoms with E-state index in [1.807, 2.05) is 0 Å². The lowest BCUT2D eigenvalue weighted by atomic mass is 10.4. The average Bonchev–Trinajstić information content (AvgIpc) is 2.09. The maximum Gasteiger partial charge on any atom is 0.236 e. The van der Waals surface area contributed by atoms with Crippen molar-refractivity contribution in [3.8, 4) is 0 Å². The first-order valence-electron chi connectivity index (χ1n) is 3.64. The van der Waals surface area contributed by atoms with Crippen LogP contribution in [0.2, 0.25) is 0 Å². The average molecular weight is 168 g/mol. The summed E-state index contributed by atoms with van der Waals surface area (Å²) in [6, 6.07) is 3.03. The van der Waals surface area contributed by atoms with E-state index < -0.39 is 5.95 Å². The van der Waals surface area contributed by atoms with E-state index in [2.05, 4.69) is 10.3 Å². The van der Waals surface area contributed by atoms with Crippen molar-refractivity contribution in [3.63, 3.8) is 0 Å². The molecule has 0 radical (unpaired) electrons. The van der Waals surface area contributed by atoms with E-state index in [0.717, 1.165) is 0 Å². The normalized spacial score (nSPS) is 9.50. The fourth-order valence-electron chi connectivity index (χ4n) is 0.718. The number of nitrogens with zero attached hydrogens (tertiary/aromatic N) is 1. The molecule has 0 aliphatic rings. The Labute approximate surface area is 69.6 Å². The van der Waals surface area contributed by atoms with Crippen molar-refractivity contribution in [1.29, 1.82) is 0 Å². The van der Waals surface area contributed by atoms with Crippen LogP contribution in [0.25, 0.3) is 0 Å². The summed E-state index contributed by atoms with van der Waals surface area (Å²) in [6.45, 7) is 1.70. The summed E-state index contributed by atoms with van der Waals surface area (Å²) in [5.74, 6) is -0.874. The van der Waals surface area contributed by atoms with Crippen molar-refractivity contribution in [2.75, 3.05) is 5.32 Å². The van der Waals surface area contributed by atoms with Crippen LogP contribution in [0.4, 0.5) is 10.1 Å². The van der Waals surface area contributed by atoms with Gasteiger partial charge in [0.25, 0.3) is 0 Å². The topological polar surface area (TPSA) is 42.0 Å². The van der Waals surface area contributed by atoms with Crippen LogP contribution >= 0.6 is 0 Å². The van der Waals surface area contributed by atoms with Gasteiger partial charge in [-0.25, -0.2) is 4.98 Å². The summed E-state index contributed by atoms with van der Waals surface area (Å²) in [7, 11) is 0. The highest BCUT2D eigenvalue weighted by atomic mass is 19.1. The smallest absolute Gasteiger partial charge is 0.236 e. The Kier molecular flexibility index (Phi) is 2.74. The molecular formula is C8H9FN2O. The zero-order valence-corrected chi connectivity index (χ0v) is 6.67. The molecule has 0 saturated carbocycles. The molecule has 1 aromatic rings. The molecule has 64 valence electrons. The molecular weight excluding hydrogens is 159 g/mol. The van der Waals surface area contributed by atoms with Crippen LogP contribution < -0.4 is 5.32 Å². The summed E-state index contributed by atoms with van der Waals surface area (Å²) >= 11 is 0. The molecule has 1 N–H and O–H groups in total. The maximum absolute atomic E-state index is 12.8. The molecule has 1 rings (SSSR count). The van der Waals surface area contributed by atoms with E-state index in [1.165, 1.54) is 12.3 Å². The third-order valence-corrected chi connectivity index (χ3v) is 1.35. The Morgan fingerprint density at radius 2 is 2.50 bits per heavy atom. The van der Waals surface area contributed by atoms with Crippen LogP contribution in [0.3, 0.4) is 0 Å². The molecule has 1 heterocycles. The van der Waals surface area contributed by atoms with Gasteiger partial charge in [-0.1, -0.05) is 6.92 Å². The first kappa shape index (κ1) is 8.64. The summed E-state index contributed by atoms with van der Waals surface area (Å²) in [5, 5.41) is 2.38. The second kappa shape index (κ2) is 3.80. The number of carbonyl (C=O) groups is 1. The van der Waals surface area contributed by atoms with Crippen LogP contribution in [0, 0.1) is 5.95 Å². The van der Waals surface area contributed by atoms with Crippen molar-refractivity contribution in [2.24, 2.45) is 0 Å². The first-order valence-corrected chi connectivity index (χ1v) is 3.64. The van der Waals surface area contributed by atoms with Crippen molar-refractivity contribution in [1.82, 2.24) is 4.98 Å². The summed E-state index contributed by atoms with van der Waals surface area (Å²) in [6.07, 6.45) is 1.66. The van der Waals surface area contributed by atoms with E-state index >= 15 is 0 Å². The highest BCUT2D eigenvalue weighted by molar-refractivity contribution is 5.90. The molecule has 0 atom stereocenters. The molecule has 0 unspecified atom stereocenters. The Morgan fingerprint density at radius 3 is 3.08 bits per heavy atom. The number of rotatable bonds is 2. The lowest BCUT2D eigenvalue weighted by Gasteiger charge is -2.02. The van der Waals surface area contributed by atoms with Crippen LogP contribution in [0.15, 0.2) is 18.3 Å². The van der Waals surface area contributed by atoms with Gasteiger partial charge in [-0.05, 0) is 12.1 Å². The third kappa shape index (κ3) is 2.02. The molecule has 12 heavy (non-hydrogen) atoms. The number of anilines is 1. The lowest BCUT2D eigenvalue weighted by Crippen LogP contribution is -2.11. The number of hydrogen-bond donors (Lipinski definition) is 1. The largest absolute Gasteiger partial charge is 0.322 e. The molecule has 0 aromatic carbocycles. The van der Waals surface area contributed by atoms with E-state index in [1.54, 1.807) is 13.0 Å². The maximum atomic E-state index is 12.8. The quantitative estimate of drug-likeness (QED) is 0.681. The Balaban J connectivity index is 2.75. The van der Waals surface area contributed by atoms with Gasteiger partial charge >= 0.3 is 0 Å². The van der Waals surface area contributed by atoms with E-state index in [9.17, 15) is 9.18 Å². The molecule has 1 aromatic heterocycles. The number of amides is 1. The second-order valence-corrected chi connectivity index (χ2v) is 2.24.